The summed E-state index contributed by atoms with van der Waals surface area (Å²) in [7, 11) is 1.97. The Bertz CT molecular complexity index is 695. The Balaban J connectivity index is 1.71. The molecule has 1 aliphatic heterocycles. The van der Waals surface area contributed by atoms with Crippen molar-refractivity contribution in [2.75, 3.05) is 18.4 Å². The predicted molar refractivity (Wildman–Crippen MR) is 89.1 cm³/mol. The second-order valence-electron chi connectivity index (χ2n) is 6.13. The molecule has 2 aromatic rings. The molecule has 2 aromatic heterocycles. The first-order valence-corrected chi connectivity index (χ1v) is 8.00. The Labute approximate surface area is 136 Å². The molecule has 0 saturated carbocycles. The third-order valence-corrected chi connectivity index (χ3v) is 4.55. The van der Waals surface area contributed by atoms with Gasteiger partial charge < -0.3 is 5.32 Å². The molecule has 1 N–H and O–H groups in total. The molecule has 0 bridgehead atoms. The van der Waals surface area contributed by atoms with Crippen LogP contribution in [0.5, 0.6) is 0 Å². The van der Waals surface area contributed by atoms with E-state index in [0.29, 0.717) is 6.54 Å². The van der Waals surface area contributed by atoms with E-state index in [2.05, 4.69) is 34.1 Å². The number of hydrogen-bond acceptors (Lipinski definition) is 4. The lowest BCUT2D eigenvalue weighted by Crippen LogP contribution is -2.33. The van der Waals surface area contributed by atoms with Gasteiger partial charge in [0.05, 0.1) is 24.1 Å². The largest absolute Gasteiger partial charge is 0.324 e. The van der Waals surface area contributed by atoms with Crippen LogP contribution in [0.1, 0.15) is 35.8 Å². The SMILES string of the molecule is Cc1nn(C)c(C)c1[C@H]1CCCN1CC(=O)Nc1cccnc1. The third-order valence-electron chi connectivity index (χ3n) is 4.55. The molecule has 0 spiro atoms. The van der Waals surface area contributed by atoms with Crippen LogP contribution in [-0.2, 0) is 11.8 Å². The van der Waals surface area contributed by atoms with Crippen LogP contribution in [-0.4, -0.2) is 38.7 Å². The van der Waals surface area contributed by atoms with Crippen LogP contribution < -0.4 is 5.32 Å². The molecule has 0 radical (unpaired) electrons. The van der Waals surface area contributed by atoms with E-state index >= 15 is 0 Å². The van der Waals surface area contributed by atoms with Crippen LogP contribution in [0, 0.1) is 13.8 Å². The van der Waals surface area contributed by atoms with Crippen molar-refractivity contribution >= 4 is 11.6 Å². The van der Waals surface area contributed by atoms with Crippen molar-refractivity contribution in [1.82, 2.24) is 19.7 Å². The van der Waals surface area contributed by atoms with Crippen molar-refractivity contribution < 1.29 is 4.79 Å². The zero-order valence-corrected chi connectivity index (χ0v) is 13.9. The monoisotopic (exact) mass is 313 g/mol. The summed E-state index contributed by atoms with van der Waals surface area (Å²) < 4.78 is 1.93. The first-order chi connectivity index (χ1) is 11.1. The molecule has 0 aromatic carbocycles. The van der Waals surface area contributed by atoms with Crippen molar-refractivity contribution in [3.8, 4) is 0 Å². The highest BCUT2D eigenvalue weighted by molar-refractivity contribution is 5.92. The van der Waals surface area contributed by atoms with Gasteiger partial charge >= 0.3 is 0 Å². The minimum absolute atomic E-state index is 0.00379. The summed E-state index contributed by atoms with van der Waals surface area (Å²) >= 11 is 0. The summed E-state index contributed by atoms with van der Waals surface area (Å²) in [6.07, 6.45) is 5.54. The van der Waals surface area contributed by atoms with Crippen molar-refractivity contribution in [3.63, 3.8) is 0 Å². The smallest absolute Gasteiger partial charge is 0.238 e. The lowest BCUT2D eigenvalue weighted by molar-refractivity contribution is -0.117. The van der Waals surface area contributed by atoms with Gasteiger partial charge in [-0.25, -0.2) is 0 Å². The topological polar surface area (TPSA) is 63.1 Å². The van der Waals surface area contributed by atoms with Gasteiger partial charge in [0.25, 0.3) is 0 Å². The minimum Gasteiger partial charge on any atom is -0.324 e. The first-order valence-electron chi connectivity index (χ1n) is 8.00. The van der Waals surface area contributed by atoms with Gasteiger partial charge in [0.15, 0.2) is 0 Å². The second-order valence-corrected chi connectivity index (χ2v) is 6.13. The highest BCUT2D eigenvalue weighted by atomic mass is 16.2. The molecule has 122 valence electrons. The average molecular weight is 313 g/mol. The number of aryl methyl sites for hydroxylation is 2. The maximum absolute atomic E-state index is 12.3. The van der Waals surface area contributed by atoms with Crippen LogP contribution >= 0.6 is 0 Å². The Morgan fingerprint density at radius 1 is 1.43 bits per heavy atom. The highest BCUT2D eigenvalue weighted by Crippen LogP contribution is 2.35. The van der Waals surface area contributed by atoms with E-state index < -0.39 is 0 Å². The fraction of sp³-hybridized carbons (Fsp3) is 0.471. The number of aromatic nitrogens is 3. The average Bonchev–Trinajstić information content (AvgIpc) is 3.05. The highest BCUT2D eigenvalue weighted by Gasteiger charge is 2.31. The van der Waals surface area contributed by atoms with Gasteiger partial charge in [-0.2, -0.15) is 5.10 Å². The number of hydrogen-bond donors (Lipinski definition) is 1. The van der Waals surface area contributed by atoms with Gasteiger partial charge in [0.2, 0.25) is 5.91 Å². The molecule has 23 heavy (non-hydrogen) atoms. The Morgan fingerprint density at radius 2 is 2.26 bits per heavy atom. The molecule has 6 nitrogen and oxygen atoms in total. The first kappa shape index (κ1) is 15.7. The molecule has 6 heteroatoms. The molecule has 1 atom stereocenters. The fourth-order valence-corrected chi connectivity index (χ4v) is 3.44. The quantitative estimate of drug-likeness (QED) is 0.940. The van der Waals surface area contributed by atoms with Crippen LogP contribution in [0.2, 0.25) is 0 Å². The summed E-state index contributed by atoms with van der Waals surface area (Å²) in [5.41, 5.74) is 4.27. The number of anilines is 1. The van der Waals surface area contributed by atoms with Gasteiger partial charge in [-0.15, -0.1) is 0 Å². The maximum atomic E-state index is 12.3. The number of amides is 1. The number of nitrogens with one attached hydrogen (secondary N) is 1. The fourth-order valence-electron chi connectivity index (χ4n) is 3.44. The Kier molecular flexibility index (Phi) is 4.43. The number of likely N-dealkylation sites (tertiary alicyclic amines) is 1. The van der Waals surface area contributed by atoms with Crippen LogP contribution in [0.25, 0.3) is 0 Å². The number of pyridine rings is 1. The molecule has 1 amide bonds. The summed E-state index contributed by atoms with van der Waals surface area (Å²) in [4.78, 5) is 18.6. The van der Waals surface area contributed by atoms with Crippen molar-refractivity contribution in [1.29, 1.82) is 0 Å². The summed E-state index contributed by atoms with van der Waals surface area (Å²) in [6.45, 7) is 5.49. The molecule has 0 unspecified atom stereocenters. The number of carbonyl (C=O) groups excluding carboxylic acids is 1. The van der Waals surface area contributed by atoms with Crippen LogP contribution in [0.3, 0.4) is 0 Å². The Morgan fingerprint density at radius 3 is 2.91 bits per heavy atom. The van der Waals surface area contributed by atoms with Crippen molar-refractivity contribution in [2.24, 2.45) is 7.05 Å². The van der Waals surface area contributed by atoms with E-state index in [0.717, 1.165) is 30.8 Å². The molecule has 0 aliphatic carbocycles. The standard InChI is InChI=1S/C17H23N5O/c1-12-17(13(2)21(3)20-12)15-7-5-9-22(15)11-16(23)19-14-6-4-8-18-10-14/h4,6,8,10,15H,5,7,9,11H2,1-3H3,(H,19,23)/t15-/m1/s1. The van der Waals surface area contributed by atoms with E-state index in [9.17, 15) is 4.79 Å². The lowest BCUT2D eigenvalue weighted by Gasteiger charge is -2.24. The normalized spacial score (nSPS) is 18.3. The van der Waals surface area contributed by atoms with Gasteiger partial charge in [-0.05, 0) is 45.4 Å². The number of carbonyl (C=O) groups is 1. The van der Waals surface area contributed by atoms with Gasteiger partial charge in [0, 0.05) is 30.5 Å². The van der Waals surface area contributed by atoms with Gasteiger partial charge in [-0.3, -0.25) is 19.4 Å². The zero-order valence-electron chi connectivity index (χ0n) is 13.9. The van der Waals surface area contributed by atoms with Gasteiger partial charge in [0.1, 0.15) is 0 Å². The van der Waals surface area contributed by atoms with Crippen molar-refractivity contribution in [2.45, 2.75) is 32.7 Å². The van der Waals surface area contributed by atoms with E-state index in [4.69, 9.17) is 0 Å². The van der Waals surface area contributed by atoms with Crippen LogP contribution in [0.4, 0.5) is 5.69 Å². The maximum Gasteiger partial charge on any atom is 0.238 e. The molecule has 3 rings (SSSR count). The molecule has 1 fully saturated rings. The summed E-state index contributed by atoms with van der Waals surface area (Å²) in [5.74, 6) is 0.00379. The number of rotatable bonds is 4. The van der Waals surface area contributed by atoms with Crippen molar-refractivity contribution in [3.05, 3.63) is 41.5 Å². The summed E-state index contributed by atoms with van der Waals surface area (Å²) in [5, 5.41) is 7.43. The molecular weight excluding hydrogens is 290 g/mol. The summed E-state index contributed by atoms with van der Waals surface area (Å²) in [6, 6.07) is 3.95. The lowest BCUT2D eigenvalue weighted by atomic mass is 10.0. The zero-order chi connectivity index (χ0) is 16.4. The van der Waals surface area contributed by atoms with E-state index in [1.54, 1.807) is 12.4 Å². The predicted octanol–water partition coefficient (Wildman–Crippen LogP) is 2.21. The minimum atomic E-state index is 0.00379. The van der Waals surface area contributed by atoms with E-state index in [-0.39, 0.29) is 11.9 Å². The van der Waals surface area contributed by atoms with E-state index in [1.807, 2.05) is 23.9 Å². The number of nitrogens with zero attached hydrogens (tertiary/aromatic N) is 4. The van der Waals surface area contributed by atoms with Crippen LogP contribution in [0.15, 0.2) is 24.5 Å². The van der Waals surface area contributed by atoms with E-state index in [1.165, 1.54) is 11.3 Å². The second kappa shape index (κ2) is 6.50. The van der Waals surface area contributed by atoms with Gasteiger partial charge in [-0.1, -0.05) is 0 Å². The molecular formula is C17H23N5O. The molecule has 1 aliphatic rings. The Hall–Kier alpha value is -2.21. The third kappa shape index (κ3) is 3.27. The molecule has 3 heterocycles. The molecule has 1 saturated heterocycles.